The van der Waals surface area contributed by atoms with Gasteiger partial charge in [-0.2, -0.15) is 0 Å². The van der Waals surface area contributed by atoms with Crippen molar-refractivity contribution in [2.24, 2.45) is 0 Å². The van der Waals surface area contributed by atoms with Crippen LogP contribution in [0.4, 0.5) is 11.6 Å². The van der Waals surface area contributed by atoms with Gasteiger partial charge in [0, 0.05) is 25.5 Å². The van der Waals surface area contributed by atoms with Crippen LogP contribution < -0.4 is 10.6 Å². The number of ether oxygens (including phenoxy) is 1. The molecule has 1 atom stereocenters. The molecule has 3 rings (SSSR count). The third-order valence-corrected chi connectivity index (χ3v) is 4.45. The van der Waals surface area contributed by atoms with Crippen molar-refractivity contribution >= 4 is 40.7 Å². The molecular weight excluding hydrogens is 351 g/mol. The first-order chi connectivity index (χ1) is 11.6. The molecule has 1 amide bonds. The average molecular weight is 367 g/mol. The van der Waals surface area contributed by atoms with Crippen LogP contribution in [0.1, 0.15) is 23.2 Å². The van der Waals surface area contributed by atoms with Gasteiger partial charge in [-0.1, -0.05) is 29.3 Å². The lowest BCUT2D eigenvalue weighted by Crippen LogP contribution is -2.31. The summed E-state index contributed by atoms with van der Waals surface area (Å²) in [4.78, 5) is 20.3. The zero-order valence-electron chi connectivity index (χ0n) is 12.8. The first-order valence-electron chi connectivity index (χ1n) is 7.56. The molecule has 24 heavy (non-hydrogen) atoms. The summed E-state index contributed by atoms with van der Waals surface area (Å²) < 4.78 is 5.47. The third-order valence-electron chi connectivity index (χ3n) is 3.63. The highest BCUT2D eigenvalue weighted by molar-refractivity contribution is 6.43. The number of hydrogen-bond acceptors (Lipinski definition) is 5. The summed E-state index contributed by atoms with van der Waals surface area (Å²) >= 11 is 12.1. The van der Waals surface area contributed by atoms with Gasteiger partial charge in [-0.3, -0.25) is 4.79 Å². The van der Waals surface area contributed by atoms with Gasteiger partial charge in [0.05, 0.1) is 27.4 Å². The molecule has 2 N–H and O–H groups in total. The van der Waals surface area contributed by atoms with Gasteiger partial charge in [-0.15, -0.1) is 0 Å². The van der Waals surface area contributed by atoms with E-state index in [0.717, 1.165) is 19.4 Å². The second-order valence-electron chi connectivity index (χ2n) is 5.37. The fraction of sp³-hybridized carbons (Fsp3) is 0.312. The van der Waals surface area contributed by atoms with E-state index in [0.29, 0.717) is 33.8 Å². The molecule has 126 valence electrons. The summed E-state index contributed by atoms with van der Waals surface area (Å²) in [6.45, 7) is 1.26. The van der Waals surface area contributed by atoms with Gasteiger partial charge in [-0.25, -0.2) is 9.97 Å². The number of aromatic nitrogens is 2. The molecule has 1 aliphatic rings. The van der Waals surface area contributed by atoms with Crippen molar-refractivity contribution < 1.29 is 9.53 Å². The number of nitrogens with one attached hydrogen (secondary N) is 2. The molecule has 1 aromatic carbocycles. The summed E-state index contributed by atoms with van der Waals surface area (Å²) in [5.74, 6) is 0.104. The fourth-order valence-corrected chi connectivity index (χ4v) is 2.69. The van der Waals surface area contributed by atoms with E-state index in [-0.39, 0.29) is 12.0 Å². The van der Waals surface area contributed by atoms with Gasteiger partial charge in [0.15, 0.2) is 0 Å². The van der Waals surface area contributed by atoms with E-state index in [2.05, 4.69) is 20.6 Å². The smallest absolute Gasteiger partial charge is 0.254 e. The average Bonchev–Trinajstić information content (AvgIpc) is 3.11. The third kappa shape index (κ3) is 4.14. The van der Waals surface area contributed by atoms with Crippen molar-refractivity contribution in [3.63, 3.8) is 0 Å². The van der Waals surface area contributed by atoms with E-state index in [1.165, 1.54) is 12.4 Å². The van der Waals surface area contributed by atoms with E-state index >= 15 is 0 Å². The Hall–Kier alpha value is -1.89. The second-order valence-corrected chi connectivity index (χ2v) is 6.15. The molecule has 6 nitrogen and oxygen atoms in total. The lowest BCUT2D eigenvalue weighted by Gasteiger charge is -2.11. The first-order valence-corrected chi connectivity index (χ1v) is 8.32. The quantitative estimate of drug-likeness (QED) is 0.847. The Morgan fingerprint density at radius 2 is 2.08 bits per heavy atom. The highest BCUT2D eigenvalue weighted by atomic mass is 35.5. The molecule has 0 aliphatic carbocycles. The minimum absolute atomic E-state index is 0.0979. The van der Waals surface area contributed by atoms with Crippen molar-refractivity contribution in [3.05, 3.63) is 46.2 Å². The molecule has 1 aliphatic heterocycles. The molecule has 0 radical (unpaired) electrons. The van der Waals surface area contributed by atoms with Gasteiger partial charge in [0.1, 0.15) is 0 Å². The number of amides is 1. The molecule has 8 heteroatoms. The van der Waals surface area contributed by atoms with Crippen molar-refractivity contribution in [2.45, 2.75) is 18.9 Å². The molecule has 2 heterocycles. The summed E-state index contributed by atoms with van der Waals surface area (Å²) in [5.41, 5.74) is 0.982. The van der Waals surface area contributed by atoms with Gasteiger partial charge in [-0.05, 0) is 25.0 Å². The summed E-state index contributed by atoms with van der Waals surface area (Å²) in [6.07, 6.45) is 5.02. The van der Waals surface area contributed by atoms with Crippen LogP contribution in [-0.2, 0) is 4.74 Å². The van der Waals surface area contributed by atoms with Gasteiger partial charge in [0.2, 0.25) is 5.95 Å². The molecule has 1 aromatic heterocycles. The van der Waals surface area contributed by atoms with Gasteiger partial charge >= 0.3 is 0 Å². The predicted octanol–water partition coefficient (Wildman–Crippen LogP) is 3.44. The zero-order valence-corrected chi connectivity index (χ0v) is 14.3. The maximum absolute atomic E-state index is 12.1. The van der Waals surface area contributed by atoms with Crippen LogP contribution in [0.3, 0.4) is 0 Å². The van der Waals surface area contributed by atoms with E-state index in [9.17, 15) is 4.79 Å². The molecule has 0 saturated carbocycles. The molecular formula is C16H16Cl2N4O2. The Labute approximate surface area is 149 Å². The maximum Gasteiger partial charge on any atom is 0.254 e. The number of anilines is 2. The fourth-order valence-electron chi connectivity index (χ4n) is 2.34. The van der Waals surface area contributed by atoms with Crippen LogP contribution >= 0.6 is 23.2 Å². The predicted molar refractivity (Wildman–Crippen MR) is 93.1 cm³/mol. The van der Waals surface area contributed by atoms with Crippen LogP contribution in [0.2, 0.25) is 10.0 Å². The Morgan fingerprint density at radius 1 is 1.29 bits per heavy atom. The van der Waals surface area contributed by atoms with Gasteiger partial charge in [0.25, 0.3) is 5.91 Å². The van der Waals surface area contributed by atoms with Gasteiger partial charge < -0.3 is 15.4 Å². The van der Waals surface area contributed by atoms with Crippen LogP contribution in [-0.4, -0.2) is 35.1 Å². The van der Waals surface area contributed by atoms with Crippen LogP contribution in [0.15, 0.2) is 30.6 Å². The number of halogens is 2. The van der Waals surface area contributed by atoms with E-state index in [1.54, 1.807) is 18.2 Å². The topological polar surface area (TPSA) is 76.1 Å². The summed E-state index contributed by atoms with van der Waals surface area (Å²) in [7, 11) is 0. The molecule has 0 bridgehead atoms. The first kappa shape index (κ1) is 17.0. The van der Waals surface area contributed by atoms with E-state index in [4.69, 9.17) is 27.9 Å². The Balaban J connectivity index is 1.60. The zero-order chi connectivity index (χ0) is 16.9. The highest BCUT2D eigenvalue weighted by Crippen LogP contribution is 2.30. The molecule has 1 unspecified atom stereocenters. The van der Waals surface area contributed by atoms with Crippen LogP contribution in [0.5, 0.6) is 0 Å². The summed E-state index contributed by atoms with van der Waals surface area (Å²) in [6, 6.07) is 5.22. The van der Waals surface area contributed by atoms with Crippen LogP contribution in [0.25, 0.3) is 0 Å². The molecule has 0 spiro atoms. The number of nitrogens with zero attached hydrogens (tertiary/aromatic N) is 2. The second kappa shape index (κ2) is 7.79. The number of rotatable bonds is 5. The lowest BCUT2D eigenvalue weighted by molar-refractivity contribution is 0.0857. The number of benzene rings is 1. The van der Waals surface area contributed by atoms with Crippen molar-refractivity contribution in [2.75, 3.05) is 18.5 Å². The largest absolute Gasteiger partial charge is 0.376 e. The minimum Gasteiger partial charge on any atom is -0.376 e. The normalized spacial score (nSPS) is 16.8. The van der Waals surface area contributed by atoms with Crippen molar-refractivity contribution in [1.29, 1.82) is 0 Å². The Kier molecular flexibility index (Phi) is 5.50. The van der Waals surface area contributed by atoms with E-state index in [1.807, 2.05) is 0 Å². The Bertz CT molecular complexity index is 719. The maximum atomic E-state index is 12.1. The molecule has 1 saturated heterocycles. The standard InChI is InChI=1S/C16H16Cl2N4O2/c17-12-4-1-5-13(14(12)18)22-16-20-7-10(8-21-16)15(23)19-9-11-3-2-6-24-11/h1,4-5,7-8,11H,2-3,6,9H2,(H,19,23)(H,20,21,22). The van der Waals surface area contributed by atoms with Crippen molar-refractivity contribution in [1.82, 2.24) is 15.3 Å². The SMILES string of the molecule is O=C(NCC1CCCO1)c1cnc(Nc2cccc(Cl)c2Cl)nc1. The summed E-state index contributed by atoms with van der Waals surface area (Å²) in [5, 5.41) is 6.62. The number of carbonyl (C=O) groups is 1. The van der Waals surface area contributed by atoms with E-state index < -0.39 is 0 Å². The monoisotopic (exact) mass is 366 g/mol. The number of hydrogen-bond donors (Lipinski definition) is 2. The lowest BCUT2D eigenvalue weighted by atomic mass is 10.2. The number of carbonyl (C=O) groups excluding carboxylic acids is 1. The Morgan fingerprint density at radius 3 is 2.79 bits per heavy atom. The molecule has 2 aromatic rings. The molecule has 1 fully saturated rings. The minimum atomic E-state index is -0.224. The van der Waals surface area contributed by atoms with Crippen LogP contribution in [0, 0.1) is 0 Å². The highest BCUT2D eigenvalue weighted by Gasteiger charge is 2.17. The van der Waals surface area contributed by atoms with Crippen molar-refractivity contribution in [3.8, 4) is 0 Å².